The number of ether oxygens (including phenoxy) is 6. The van der Waals surface area contributed by atoms with E-state index >= 15 is 0 Å². The van der Waals surface area contributed by atoms with Crippen molar-refractivity contribution in [3.8, 4) is 51.4 Å². The van der Waals surface area contributed by atoms with Crippen LogP contribution in [0.2, 0.25) is 0 Å². The summed E-state index contributed by atoms with van der Waals surface area (Å²) in [7, 11) is 0. The van der Waals surface area contributed by atoms with Gasteiger partial charge in [-0.05, 0) is 256 Å². The van der Waals surface area contributed by atoms with Crippen LogP contribution in [0.15, 0.2) is 165 Å². The van der Waals surface area contributed by atoms with Crippen LogP contribution in [0.4, 0.5) is 4.79 Å². The van der Waals surface area contributed by atoms with Crippen molar-refractivity contribution < 1.29 is 62.9 Å². The molecule has 3 atom stereocenters. The lowest BCUT2D eigenvalue weighted by Crippen LogP contribution is -2.44. The van der Waals surface area contributed by atoms with Crippen molar-refractivity contribution in [1.82, 2.24) is 39.3 Å². The van der Waals surface area contributed by atoms with Crippen molar-refractivity contribution in [1.29, 1.82) is 0 Å². The fraction of sp³-hybridized carbons (Fsp3) is 0.512. The Morgan fingerprint density at radius 1 is 0.380 bits per heavy atom. The van der Waals surface area contributed by atoms with Gasteiger partial charge in [0.25, 0.3) is 27.9 Å². The Kier molecular flexibility index (Phi) is 43.8. The number of fused-ring (bicyclic) bond motifs is 15. The lowest BCUT2D eigenvalue weighted by Gasteiger charge is -2.31. The normalized spacial score (nSPS) is 16.7. The predicted octanol–water partition coefficient (Wildman–Crippen LogP) is 25.4. The first-order valence-electron chi connectivity index (χ1n) is 56.1. The molecule has 0 bridgehead atoms. The third-order valence-corrected chi connectivity index (χ3v) is 30.2. The summed E-state index contributed by atoms with van der Waals surface area (Å²) in [5.74, 6) is -0.552. The molecule has 0 spiro atoms. The minimum Gasteiger partial charge on any atom is -0.458 e. The number of carbonyl (C=O) groups excluding carboxylic acids is 4. The molecule has 0 saturated carbocycles. The molecule has 6 aromatic heterocycles. The molecule has 15 rings (SSSR count). The summed E-state index contributed by atoms with van der Waals surface area (Å²) in [5, 5.41) is 42.7. The fourth-order valence-corrected chi connectivity index (χ4v) is 21.4. The van der Waals surface area contributed by atoms with Gasteiger partial charge in [0.15, 0.2) is 16.8 Å². The number of carbonyl (C=O) groups is 4. The van der Waals surface area contributed by atoms with Gasteiger partial charge in [-0.15, -0.1) is 0 Å². The SMILES string of the molecule is CCCCC/C=C\C/C=C\CCCCCCCCN=C(N)Oc1ccc2nc3c(c(CC)c2c1)Cn1c-3cc2c(c1=O)COC(=O)[C@]2(O)CC.CCCCC/C=C\C/C=C\CCCCCCCCNC(=O)Oc1ccc2nc3c(c(CC)c2c1)Cn1c-3cc2c(c1=O)COC(=O)[C@]2(O)CC.CCCCC/C=C\C/C=C\CCCCCCCCNC(=S)Oc1ccc2nc3c(c(CC)c2c1)Cn1c-3cc2c(c1=O)COC(=O)[C@]2(O)CC. The largest absolute Gasteiger partial charge is 0.458 e. The van der Waals surface area contributed by atoms with E-state index in [1.807, 2.05) is 55.5 Å². The second kappa shape index (κ2) is 57.2. The number of aliphatic hydroxyl groups is 3. The zero-order valence-corrected chi connectivity index (χ0v) is 91.0. The van der Waals surface area contributed by atoms with Crippen molar-refractivity contribution in [3.05, 3.63) is 244 Å². The van der Waals surface area contributed by atoms with Gasteiger partial charge in [-0.25, -0.2) is 39.1 Å². The number of cyclic esters (lactones) is 3. The lowest BCUT2D eigenvalue weighted by atomic mass is 9.86. The van der Waals surface area contributed by atoms with Crippen LogP contribution in [0.3, 0.4) is 0 Å². The van der Waals surface area contributed by atoms with Crippen molar-refractivity contribution in [2.24, 2.45) is 10.7 Å². The summed E-state index contributed by atoms with van der Waals surface area (Å²) in [5.41, 5.74) is 13.7. The number of hydrogen-bond donors (Lipinski definition) is 6. The van der Waals surface area contributed by atoms with Gasteiger partial charge in [0.05, 0.1) is 87.0 Å². The molecule has 7 N–H and O–H groups in total. The molecule has 1 amide bonds. The highest BCUT2D eigenvalue weighted by molar-refractivity contribution is 7.80. The third-order valence-electron chi connectivity index (χ3n) is 30.0. The Morgan fingerprint density at radius 2 is 0.673 bits per heavy atom. The van der Waals surface area contributed by atoms with Crippen LogP contribution in [0, 0.1) is 0 Å². The summed E-state index contributed by atoms with van der Waals surface area (Å²) in [6, 6.07) is 22.1. The second-order valence-corrected chi connectivity index (χ2v) is 40.7. The number of amidine groups is 1. The average molecular weight is 2070 g/mol. The van der Waals surface area contributed by atoms with E-state index in [2.05, 4.69) is 123 Å². The number of thiocarbonyl (C=S) groups is 1. The van der Waals surface area contributed by atoms with Gasteiger partial charge >= 0.3 is 24.0 Å². The van der Waals surface area contributed by atoms with E-state index in [0.717, 1.165) is 151 Å². The highest BCUT2D eigenvalue weighted by Crippen LogP contribution is 2.46. The van der Waals surface area contributed by atoms with Gasteiger partial charge in [0.1, 0.15) is 37.1 Å². The van der Waals surface area contributed by atoms with E-state index in [4.69, 9.17) is 61.3 Å². The van der Waals surface area contributed by atoms with Gasteiger partial charge in [-0.3, -0.25) is 14.4 Å². The molecule has 0 aliphatic carbocycles. The Bertz CT molecular complexity index is 6380. The van der Waals surface area contributed by atoms with E-state index in [-0.39, 0.29) is 61.8 Å². The number of nitrogens with one attached hydrogen (secondary N) is 2. The van der Waals surface area contributed by atoms with Gasteiger partial charge < -0.3 is 73.8 Å². The van der Waals surface area contributed by atoms with Crippen molar-refractivity contribution >= 4 is 80.1 Å². The van der Waals surface area contributed by atoms with Crippen LogP contribution < -0.4 is 47.3 Å². The van der Waals surface area contributed by atoms with Gasteiger partial charge in [-0.2, -0.15) is 0 Å². The number of allylic oxidation sites excluding steroid dienone is 12. The number of esters is 3. The van der Waals surface area contributed by atoms with E-state index in [0.29, 0.717) is 141 Å². The Balaban J connectivity index is 0.000000187. The Morgan fingerprint density at radius 3 is 0.993 bits per heavy atom. The van der Waals surface area contributed by atoms with Gasteiger partial charge in [-0.1, -0.05) is 251 Å². The molecule has 12 heterocycles. The van der Waals surface area contributed by atoms with Crippen LogP contribution in [0.25, 0.3) is 66.9 Å². The molecule has 6 aliphatic rings. The molecule has 26 nitrogen and oxygen atoms in total. The number of nitrogens with two attached hydrogens (primary N) is 1. The molecule has 0 radical (unpaired) electrons. The molecule has 0 unspecified atom stereocenters. The molecule has 3 aromatic carbocycles. The zero-order valence-electron chi connectivity index (χ0n) is 90.2. The maximum absolute atomic E-state index is 13.6. The Hall–Kier alpha value is -12.3. The highest BCUT2D eigenvalue weighted by Gasteiger charge is 2.49. The van der Waals surface area contributed by atoms with E-state index in [1.54, 1.807) is 58.7 Å². The first-order chi connectivity index (χ1) is 72.9. The quantitative estimate of drug-likeness (QED) is 0.00392. The smallest absolute Gasteiger partial charge is 0.412 e. The molecule has 0 saturated heterocycles. The molecule has 150 heavy (non-hydrogen) atoms. The molecule has 0 fully saturated rings. The standard InChI is InChI=1S/C41H54N4O5.C41H53N3O6.C41H53N3O5S/c1-4-7-8-9-10-11-12-13-14-15-16-17-18-19-20-21-24-43-40(42)50-29-22-23-35-31(25-29)30(5-2)32-27-45-36(37(32)44-35)26-34-33(38(45)46)28-49-39(47)41(34,48)6-3;1-4-7-8-9-10-11-12-13-14-15-16-17-18-19-20-21-24-42-40(47)50-29-22-23-35-31(25-29)30(5-2)32-27-44-36(37(32)43-35)26-34-33(38(44)45)28-49-39(46)41(34,48)6-3;1-4-7-8-9-10-11-12-13-14-15-16-17-18-19-20-21-24-42-40(50)49-29-22-23-35-31(25-29)30(5-2)32-27-44-36(37(32)43-35)26-34-33(38(44)45)28-48-39(46)41(34,47)6-3/h10-11,13-14,22-23,25-26,48H,4-9,12,15-21,24,27-28H2,1-3H3,(H2,42,43);10-11,13-14,22-23,25-26,48H,4-9,12,15-21,24,27-28H2,1-3H3,(H,42,47);10-11,13-14,22-23,25-26,47H,4-9,12,15-21,24,27-28H2,1-3H3,(H,42,50)/b3*11-10-,14-13-/t3*41-/m000/s1. The predicted molar refractivity (Wildman–Crippen MR) is 602 cm³/mol. The minimum atomic E-state index is -1.87. The molecule has 804 valence electrons. The topological polar surface area (TPSA) is 351 Å². The number of aryl methyl sites for hydroxylation is 3. The van der Waals surface area contributed by atoms with Crippen LogP contribution in [-0.2, 0) is 104 Å². The second-order valence-electron chi connectivity index (χ2n) is 40.4. The van der Waals surface area contributed by atoms with E-state index in [9.17, 15) is 48.9 Å². The highest BCUT2D eigenvalue weighted by atomic mass is 32.1. The monoisotopic (exact) mass is 2070 g/mol. The number of hydrogen-bond acceptors (Lipinski definition) is 21. The lowest BCUT2D eigenvalue weighted by molar-refractivity contribution is -0.172. The van der Waals surface area contributed by atoms with Crippen molar-refractivity contribution in [2.75, 3.05) is 19.6 Å². The third kappa shape index (κ3) is 28.5. The number of rotatable bonds is 54. The summed E-state index contributed by atoms with van der Waals surface area (Å²) in [4.78, 5) is 110. The van der Waals surface area contributed by atoms with E-state index < -0.39 is 40.8 Å². The van der Waals surface area contributed by atoms with Gasteiger partial charge in [0.2, 0.25) is 0 Å². The van der Waals surface area contributed by atoms with Crippen LogP contribution >= 0.6 is 12.2 Å². The van der Waals surface area contributed by atoms with Crippen LogP contribution in [0.5, 0.6) is 17.2 Å². The van der Waals surface area contributed by atoms with E-state index in [1.165, 1.54) is 154 Å². The summed E-state index contributed by atoms with van der Waals surface area (Å²) < 4.78 is 38.2. The van der Waals surface area contributed by atoms with Crippen molar-refractivity contribution in [3.63, 3.8) is 0 Å². The maximum atomic E-state index is 13.6. The maximum Gasteiger partial charge on any atom is 0.412 e. The summed E-state index contributed by atoms with van der Waals surface area (Å²) in [6.45, 7) is 20.6. The zero-order chi connectivity index (χ0) is 107. The molecular formula is C123H160N10O16S. The number of aliphatic imine (C=N–C) groups is 1. The van der Waals surface area contributed by atoms with Crippen LogP contribution in [0.1, 0.15) is 379 Å². The number of benzene rings is 3. The molecule has 6 aliphatic heterocycles. The molecule has 27 heteroatoms. The summed E-state index contributed by atoms with van der Waals surface area (Å²) in [6.07, 6.45) is 72.5. The average Bonchev–Trinajstić information content (AvgIpc) is 1.54. The number of aromatic nitrogens is 6. The number of nitrogens with zero attached hydrogens (tertiary/aromatic N) is 7. The molecule has 9 aromatic rings. The summed E-state index contributed by atoms with van der Waals surface area (Å²) >= 11 is 5.51. The minimum absolute atomic E-state index is 0.0898. The van der Waals surface area contributed by atoms with Gasteiger partial charge in [0, 0.05) is 69.2 Å². The number of unbranched alkanes of at least 4 members (excludes halogenated alkanes) is 27. The number of amides is 1. The number of pyridine rings is 6. The first kappa shape index (κ1) is 115. The fourth-order valence-electron chi connectivity index (χ4n) is 21.2. The Labute approximate surface area is 890 Å². The first-order valence-corrected chi connectivity index (χ1v) is 56.5. The van der Waals surface area contributed by atoms with Crippen LogP contribution in [-0.4, -0.2) is 98.8 Å². The van der Waals surface area contributed by atoms with Crippen molar-refractivity contribution in [2.45, 2.75) is 388 Å². The molecular weight excluding hydrogens is 1910 g/mol.